The molecule has 2 saturated heterocycles. The number of aromatic nitrogens is 2. The Morgan fingerprint density at radius 1 is 0.917 bits per heavy atom. The summed E-state index contributed by atoms with van der Waals surface area (Å²) in [6.07, 6.45) is 1.82. The molecule has 0 aliphatic carbocycles. The first-order valence-corrected chi connectivity index (χ1v) is 18.6. The number of nitrogens with one attached hydrogen (secondary N) is 3. The third-order valence-corrected chi connectivity index (χ3v) is 10.2. The Balaban J connectivity index is 1.07. The van der Waals surface area contributed by atoms with E-state index in [4.69, 9.17) is 16.3 Å². The molecule has 0 atom stereocenters. The van der Waals surface area contributed by atoms with E-state index in [-0.39, 0.29) is 11.9 Å². The summed E-state index contributed by atoms with van der Waals surface area (Å²) in [5.41, 5.74) is 4.39. The molecule has 3 N–H and O–H groups in total. The number of ether oxygens (including phenoxy) is 1. The summed E-state index contributed by atoms with van der Waals surface area (Å²) in [6, 6.07) is 21.0. The molecule has 6 rings (SSSR count). The molecule has 4 aromatic rings. The van der Waals surface area contributed by atoms with Gasteiger partial charge < -0.3 is 24.8 Å². The van der Waals surface area contributed by atoms with E-state index in [2.05, 4.69) is 41.8 Å². The number of anilines is 6. The summed E-state index contributed by atoms with van der Waals surface area (Å²) in [4.78, 5) is 38.9. The zero-order valence-corrected chi connectivity index (χ0v) is 28.7. The van der Waals surface area contributed by atoms with E-state index >= 15 is 0 Å². The number of nitrogens with zero attached hydrogens (tertiary/aromatic N) is 5. The van der Waals surface area contributed by atoms with Crippen molar-refractivity contribution < 1.29 is 18.9 Å². The van der Waals surface area contributed by atoms with Crippen LogP contribution in [0, 0.1) is 0 Å². The van der Waals surface area contributed by atoms with Crippen molar-refractivity contribution in [1.82, 2.24) is 20.2 Å². The summed E-state index contributed by atoms with van der Waals surface area (Å²) in [7, 11) is -0.909. The van der Waals surface area contributed by atoms with Crippen LogP contribution in [-0.2, 0) is 15.9 Å². The zero-order chi connectivity index (χ0) is 33.8. The molecule has 0 spiro atoms. The van der Waals surface area contributed by atoms with E-state index in [9.17, 15) is 14.2 Å². The van der Waals surface area contributed by atoms with Gasteiger partial charge >= 0.3 is 6.03 Å². The third kappa shape index (κ3) is 7.73. The predicted molar refractivity (Wildman–Crippen MR) is 192 cm³/mol. The Morgan fingerprint density at radius 2 is 1.65 bits per heavy atom. The highest BCUT2D eigenvalue weighted by Gasteiger charge is 2.25. The molecule has 2 aliphatic heterocycles. The number of urea groups is 1. The summed E-state index contributed by atoms with van der Waals surface area (Å²) in [6.45, 7) is 8.15. The van der Waals surface area contributed by atoms with Gasteiger partial charge in [0.2, 0.25) is 11.9 Å². The molecule has 1 aromatic heterocycles. The highest BCUT2D eigenvalue weighted by atomic mass is 35.5. The monoisotopic (exact) mass is 688 g/mol. The maximum absolute atomic E-state index is 12.8. The fraction of sp³-hybridized carbons (Fsp3) is 0.294. The van der Waals surface area contributed by atoms with Crippen LogP contribution in [0.2, 0.25) is 5.02 Å². The van der Waals surface area contributed by atoms with Gasteiger partial charge in [0.25, 0.3) is 0 Å². The normalized spacial score (nSPS) is 15.7. The smallest absolute Gasteiger partial charge is 0.328 e. The number of para-hydroxylation sites is 1. The molecule has 250 valence electrons. The second-order valence-corrected chi connectivity index (χ2v) is 15.7. The first-order chi connectivity index (χ1) is 23.1. The summed E-state index contributed by atoms with van der Waals surface area (Å²) in [5, 5.41) is 9.89. The quantitative estimate of drug-likeness (QED) is 0.180. The summed E-state index contributed by atoms with van der Waals surface area (Å²) < 4.78 is 18.6. The van der Waals surface area contributed by atoms with Crippen molar-refractivity contribution in [3.05, 3.63) is 83.5 Å². The van der Waals surface area contributed by atoms with Crippen molar-refractivity contribution in [2.24, 2.45) is 0 Å². The molecular weight excluding hydrogens is 651 g/mol. The maximum atomic E-state index is 12.8. The molecule has 0 bridgehead atoms. The van der Waals surface area contributed by atoms with Gasteiger partial charge in [-0.15, -0.1) is 0 Å². The maximum Gasteiger partial charge on any atom is 0.328 e. The molecule has 3 amide bonds. The fourth-order valence-electron chi connectivity index (χ4n) is 5.81. The molecule has 2 aliphatic rings. The van der Waals surface area contributed by atoms with Crippen LogP contribution in [0.4, 0.5) is 39.3 Å². The van der Waals surface area contributed by atoms with Gasteiger partial charge in [-0.1, -0.05) is 35.9 Å². The second kappa shape index (κ2) is 14.2. The molecule has 2 fully saturated rings. The second-order valence-electron chi connectivity index (χ2n) is 12.1. The van der Waals surface area contributed by atoms with Crippen LogP contribution in [0.25, 0.3) is 0 Å². The molecule has 0 saturated carbocycles. The van der Waals surface area contributed by atoms with Crippen LogP contribution in [0.15, 0.2) is 72.9 Å². The minimum atomic E-state index is -2.54. The largest absolute Gasteiger partial charge is 0.494 e. The van der Waals surface area contributed by atoms with Gasteiger partial charge in [0.15, 0.2) is 5.82 Å². The average molecular weight is 689 g/mol. The van der Waals surface area contributed by atoms with Crippen molar-refractivity contribution >= 4 is 70.5 Å². The zero-order valence-electron chi connectivity index (χ0n) is 27.1. The highest BCUT2D eigenvalue weighted by molar-refractivity contribution is 7.70. The van der Waals surface area contributed by atoms with Gasteiger partial charge in [-0.25, -0.2) is 9.78 Å². The van der Waals surface area contributed by atoms with Crippen molar-refractivity contribution in [2.45, 2.75) is 13.0 Å². The molecule has 48 heavy (non-hydrogen) atoms. The standard InChI is InChI=1S/C34H38ClN8O4P/c1-47-29-20-25(42-18-16-41(17-19-42)22-23-8-10-24(11-9-23)43-15-14-31(44)39-34(43)45)12-13-27(29)38-33-36-21-26(35)32(40-33)37-28-6-4-5-7-30(28)48(2,3)46/h4-13,20-21H,14-19,22H2,1-3H3,(H,39,44,45)(H2,36,37,38,40). The summed E-state index contributed by atoms with van der Waals surface area (Å²) in [5.74, 6) is 1.14. The first-order valence-electron chi connectivity index (χ1n) is 15.6. The van der Waals surface area contributed by atoms with Gasteiger partial charge in [0, 0.05) is 68.4 Å². The Morgan fingerprint density at radius 3 is 2.35 bits per heavy atom. The molecule has 0 unspecified atom stereocenters. The van der Waals surface area contributed by atoms with Gasteiger partial charge in [-0.3, -0.25) is 19.9 Å². The number of piperazine rings is 1. The van der Waals surface area contributed by atoms with Crippen LogP contribution in [0.1, 0.15) is 12.0 Å². The number of carbonyl (C=O) groups is 2. The van der Waals surface area contributed by atoms with Gasteiger partial charge in [0.05, 0.1) is 24.7 Å². The van der Waals surface area contributed by atoms with Gasteiger partial charge in [0.1, 0.15) is 17.9 Å². The molecule has 14 heteroatoms. The van der Waals surface area contributed by atoms with Crippen LogP contribution < -0.4 is 35.8 Å². The third-order valence-electron chi connectivity index (χ3n) is 8.36. The molecular formula is C34H38ClN8O4P. The van der Waals surface area contributed by atoms with E-state index in [0.29, 0.717) is 52.2 Å². The van der Waals surface area contributed by atoms with Crippen LogP contribution >= 0.6 is 18.7 Å². The predicted octanol–water partition coefficient (Wildman–Crippen LogP) is 5.64. The molecule has 12 nitrogen and oxygen atoms in total. The number of imide groups is 1. The van der Waals surface area contributed by atoms with E-state index < -0.39 is 7.14 Å². The Bertz CT molecular complexity index is 1860. The van der Waals surface area contributed by atoms with E-state index in [0.717, 1.165) is 44.1 Å². The molecule has 0 radical (unpaired) electrons. The van der Waals surface area contributed by atoms with Gasteiger partial charge in [-0.05, 0) is 55.3 Å². The number of halogens is 1. The fourth-order valence-corrected chi connectivity index (χ4v) is 7.10. The van der Waals surface area contributed by atoms with Crippen LogP contribution in [-0.4, -0.2) is 80.0 Å². The topological polar surface area (TPSA) is 132 Å². The van der Waals surface area contributed by atoms with Crippen molar-refractivity contribution in [2.75, 3.05) is 73.6 Å². The Kier molecular flexibility index (Phi) is 9.86. The number of methoxy groups -OCH3 is 1. The number of hydrogen-bond donors (Lipinski definition) is 3. The number of amides is 3. The van der Waals surface area contributed by atoms with Crippen molar-refractivity contribution in [3.63, 3.8) is 0 Å². The summed E-state index contributed by atoms with van der Waals surface area (Å²) >= 11 is 6.44. The molecule has 3 aromatic carbocycles. The lowest BCUT2D eigenvalue weighted by atomic mass is 10.1. The minimum Gasteiger partial charge on any atom is -0.494 e. The average Bonchev–Trinajstić information content (AvgIpc) is 3.07. The first kappa shape index (κ1) is 33.3. The Labute approximate surface area is 284 Å². The van der Waals surface area contributed by atoms with Crippen LogP contribution in [0.3, 0.4) is 0 Å². The number of hydrogen-bond acceptors (Lipinski definition) is 10. The van der Waals surface area contributed by atoms with E-state index in [1.165, 1.54) is 11.8 Å². The lowest BCUT2D eigenvalue weighted by molar-refractivity contribution is -0.120. The lowest BCUT2D eigenvalue weighted by Crippen LogP contribution is -2.49. The van der Waals surface area contributed by atoms with Crippen molar-refractivity contribution in [1.29, 1.82) is 0 Å². The molecule has 3 heterocycles. The highest BCUT2D eigenvalue weighted by Crippen LogP contribution is 2.39. The van der Waals surface area contributed by atoms with Crippen LogP contribution in [0.5, 0.6) is 5.75 Å². The number of rotatable bonds is 10. The Hall–Kier alpha value is -4.64. The number of carbonyl (C=O) groups excluding carboxylic acids is 2. The van der Waals surface area contributed by atoms with E-state index in [1.807, 2.05) is 60.7 Å². The van der Waals surface area contributed by atoms with Crippen molar-refractivity contribution in [3.8, 4) is 5.75 Å². The van der Waals surface area contributed by atoms with E-state index in [1.54, 1.807) is 25.3 Å². The number of benzene rings is 3. The van der Waals surface area contributed by atoms with Gasteiger partial charge in [-0.2, -0.15) is 4.98 Å². The SMILES string of the molecule is COc1cc(N2CCN(Cc3ccc(N4CCC(=O)NC4=O)cc3)CC2)ccc1Nc1ncc(Cl)c(Nc2ccccc2P(C)(C)=O)n1. The minimum absolute atomic E-state index is 0.237. The lowest BCUT2D eigenvalue weighted by Gasteiger charge is -2.36.